The minimum Gasteiger partial charge on any atom is -0.444 e. The molecule has 2 amide bonds. The number of nitrogens with zero attached hydrogens (tertiary/aromatic N) is 4. The molecule has 5 rings (SSSR count). The summed E-state index contributed by atoms with van der Waals surface area (Å²) >= 11 is 0. The summed E-state index contributed by atoms with van der Waals surface area (Å²) in [5.74, 6) is 0. The Kier molecular flexibility index (Phi) is 13.8. The van der Waals surface area contributed by atoms with Crippen molar-refractivity contribution < 1.29 is 28.5 Å². The number of carbonyl (C=O) groups is 2. The molecular formula is C33H64N6O6. The molecule has 5 aliphatic rings. The largest absolute Gasteiger partial charge is 0.444 e. The average Bonchev–Trinajstić information content (AvgIpc) is 2.83. The molecule has 0 aliphatic carbocycles. The van der Waals surface area contributed by atoms with E-state index >= 15 is 0 Å². The maximum Gasteiger partial charge on any atom is 0.410 e. The summed E-state index contributed by atoms with van der Waals surface area (Å²) in [5.41, 5.74) is -0.836. The van der Waals surface area contributed by atoms with Gasteiger partial charge in [0.05, 0.1) is 38.5 Å². The molecule has 5 atom stereocenters. The number of hydrogen-bond donors (Lipinski definition) is 2. The van der Waals surface area contributed by atoms with Gasteiger partial charge in [-0.1, -0.05) is 0 Å². The third kappa shape index (κ3) is 12.1. The molecular weight excluding hydrogens is 576 g/mol. The number of amides is 2. The zero-order valence-electron chi connectivity index (χ0n) is 30.1. The van der Waals surface area contributed by atoms with Crippen LogP contribution in [0.2, 0.25) is 0 Å². The van der Waals surface area contributed by atoms with Crippen LogP contribution in [0.1, 0.15) is 76.2 Å². The van der Waals surface area contributed by atoms with Crippen molar-refractivity contribution in [1.29, 1.82) is 0 Å². The van der Waals surface area contributed by atoms with Crippen LogP contribution in [-0.4, -0.2) is 158 Å². The van der Waals surface area contributed by atoms with Gasteiger partial charge in [0.2, 0.25) is 0 Å². The Labute approximate surface area is 272 Å². The summed E-state index contributed by atoms with van der Waals surface area (Å²) in [7, 11) is 0. The monoisotopic (exact) mass is 640 g/mol. The van der Waals surface area contributed by atoms with Crippen molar-refractivity contribution in [2.75, 3.05) is 72.2 Å². The van der Waals surface area contributed by atoms with E-state index in [1.54, 1.807) is 4.90 Å². The lowest BCUT2D eigenvalue weighted by molar-refractivity contribution is -0.111. The Hall–Kier alpha value is -1.70. The van der Waals surface area contributed by atoms with Gasteiger partial charge >= 0.3 is 12.2 Å². The third-order valence-corrected chi connectivity index (χ3v) is 8.53. The van der Waals surface area contributed by atoms with Crippen molar-refractivity contribution in [3.63, 3.8) is 0 Å². The van der Waals surface area contributed by atoms with E-state index in [4.69, 9.17) is 18.9 Å². The molecule has 0 spiro atoms. The van der Waals surface area contributed by atoms with E-state index in [9.17, 15) is 9.59 Å². The lowest BCUT2D eigenvalue weighted by Crippen LogP contribution is -2.65. The van der Waals surface area contributed by atoms with Gasteiger partial charge in [-0.15, -0.1) is 0 Å². The SMILES string of the molecule is C[C@@H]1CN(C(=O)OC(C)(C)C)C[C@H](C)N1.C[C@@H]1CN(C(=O)OC(C)(C)C)C[C@H](C)N1C1COC1.C[C@H]1CNCCN1C1COC1. The number of rotatable bonds is 2. The minimum atomic E-state index is -0.428. The molecule has 0 saturated carbocycles. The molecule has 45 heavy (non-hydrogen) atoms. The fourth-order valence-electron chi connectivity index (χ4n) is 6.54. The number of piperazine rings is 3. The molecule has 5 fully saturated rings. The highest BCUT2D eigenvalue weighted by molar-refractivity contribution is 5.68. The smallest absolute Gasteiger partial charge is 0.410 e. The van der Waals surface area contributed by atoms with Crippen LogP contribution in [-0.2, 0) is 18.9 Å². The van der Waals surface area contributed by atoms with Gasteiger partial charge in [0.1, 0.15) is 11.2 Å². The summed E-state index contributed by atoms with van der Waals surface area (Å²) in [4.78, 5) is 32.5. The first-order valence-corrected chi connectivity index (χ1v) is 17.0. The maximum atomic E-state index is 12.1. The zero-order valence-corrected chi connectivity index (χ0v) is 30.1. The molecule has 2 N–H and O–H groups in total. The van der Waals surface area contributed by atoms with E-state index < -0.39 is 11.2 Å². The molecule has 12 nitrogen and oxygen atoms in total. The van der Waals surface area contributed by atoms with Crippen molar-refractivity contribution in [2.24, 2.45) is 0 Å². The standard InChI is InChI=1S/C14H26N2O3.C11H22N2O2.C8H16N2O/c1-10-6-15(13(17)19-14(3,4)5)7-11(2)16(10)12-8-18-9-12;1-8-6-13(7-9(2)12-8)10(14)15-11(3,4)5;1-7-4-9-2-3-10(7)8-5-11-6-8/h10-12H,6-9H2,1-5H3;8-9,12H,6-7H2,1-5H3;7-9H,2-6H2,1H3/t10-,11+;8-,9+;7-/m..0/s1. The lowest BCUT2D eigenvalue weighted by Gasteiger charge is -2.50. The van der Waals surface area contributed by atoms with Crippen molar-refractivity contribution in [1.82, 2.24) is 30.2 Å². The van der Waals surface area contributed by atoms with Crippen LogP contribution in [0.5, 0.6) is 0 Å². The highest BCUT2D eigenvalue weighted by atomic mass is 16.6. The van der Waals surface area contributed by atoms with Crippen LogP contribution in [0.4, 0.5) is 9.59 Å². The van der Waals surface area contributed by atoms with Gasteiger partial charge < -0.3 is 39.4 Å². The first-order chi connectivity index (χ1) is 20.9. The van der Waals surface area contributed by atoms with Crippen LogP contribution in [0, 0.1) is 0 Å². The van der Waals surface area contributed by atoms with Crippen molar-refractivity contribution >= 4 is 12.2 Å². The van der Waals surface area contributed by atoms with Gasteiger partial charge in [-0.05, 0) is 76.2 Å². The summed E-state index contributed by atoms with van der Waals surface area (Å²) in [6, 6.07) is 3.30. The Morgan fingerprint density at radius 2 is 1.11 bits per heavy atom. The Morgan fingerprint density at radius 1 is 0.667 bits per heavy atom. The van der Waals surface area contributed by atoms with E-state index in [0.717, 1.165) is 65.7 Å². The number of hydrogen-bond acceptors (Lipinski definition) is 10. The lowest BCUT2D eigenvalue weighted by atomic mass is 10.0. The van der Waals surface area contributed by atoms with Crippen molar-refractivity contribution in [3.8, 4) is 0 Å². The van der Waals surface area contributed by atoms with Crippen LogP contribution in [0.15, 0.2) is 0 Å². The quantitative estimate of drug-likeness (QED) is 0.468. The summed E-state index contributed by atoms with van der Waals surface area (Å²) < 4.78 is 21.2. The normalized spacial score (nSPS) is 30.5. The number of ether oxygens (including phenoxy) is 4. The van der Waals surface area contributed by atoms with E-state index in [2.05, 4.69) is 55.1 Å². The Bertz CT molecular complexity index is 910. The molecule has 0 aromatic carbocycles. The minimum absolute atomic E-state index is 0.198. The molecule has 5 aliphatic heterocycles. The van der Waals surface area contributed by atoms with Gasteiger partial charge in [-0.25, -0.2) is 9.59 Å². The first-order valence-electron chi connectivity index (χ1n) is 17.0. The first kappa shape index (κ1) is 37.8. The maximum absolute atomic E-state index is 12.1. The van der Waals surface area contributed by atoms with E-state index in [1.165, 1.54) is 6.54 Å². The second-order valence-electron chi connectivity index (χ2n) is 15.6. The number of nitrogens with one attached hydrogen (secondary N) is 2. The molecule has 0 unspecified atom stereocenters. The summed E-state index contributed by atoms with van der Waals surface area (Å²) in [6.07, 6.45) is -0.404. The molecule has 12 heteroatoms. The second-order valence-corrected chi connectivity index (χ2v) is 15.6. The third-order valence-electron chi connectivity index (χ3n) is 8.53. The summed E-state index contributed by atoms with van der Waals surface area (Å²) in [6.45, 7) is 32.1. The Morgan fingerprint density at radius 3 is 1.49 bits per heavy atom. The van der Waals surface area contributed by atoms with Crippen LogP contribution < -0.4 is 10.6 Å². The zero-order chi connectivity index (χ0) is 33.5. The van der Waals surface area contributed by atoms with E-state index in [1.807, 2.05) is 46.4 Å². The van der Waals surface area contributed by atoms with Gasteiger partial charge in [-0.3, -0.25) is 9.80 Å². The fraction of sp³-hybridized carbons (Fsp3) is 0.939. The molecule has 5 saturated heterocycles. The predicted octanol–water partition coefficient (Wildman–Crippen LogP) is 3.00. The van der Waals surface area contributed by atoms with Crippen molar-refractivity contribution in [3.05, 3.63) is 0 Å². The second kappa shape index (κ2) is 16.4. The molecule has 0 bridgehead atoms. The van der Waals surface area contributed by atoms with Gasteiger partial charge in [0.25, 0.3) is 0 Å². The molecule has 0 aromatic heterocycles. The van der Waals surface area contributed by atoms with Crippen LogP contribution in [0.3, 0.4) is 0 Å². The van der Waals surface area contributed by atoms with Crippen LogP contribution >= 0.6 is 0 Å². The molecule has 0 aromatic rings. The molecule has 0 radical (unpaired) electrons. The highest BCUT2D eigenvalue weighted by Gasteiger charge is 2.39. The predicted molar refractivity (Wildman–Crippen MR) is 177 cm³/mol. The topological polar surface area (TPSA) is 108 Å². The van der Waals surface area contributed by atoms with E-state index in [-0.39, 0.29) is 12.2 Å². The molecule has 5 heterocycles. The van der Waals surface area contributed by atoms with Crippen molar-refractivity contribution in [2.45, 2.75) is 130 Å². The van der Waals surface area contributed by atoms with Crippen LogP contribution in [0.25, 0.3) is 0 Å². The fourth-order valence-corrected chi connectivity index (χ4v) is 6.54. The van der Waals surface area contributed by atoms with Gasteiger partial charge in [-0.2, -0.15) is 0 Å². The summed E-state index contributed by atoms with van der Waals surface area (Å²) in [5, 5.41) is 6.76. The highest BCUT2D eigenvalue weighted by Crippen LogP contribution is 2.24. The average molecular weight is 641 g/mol. The number of carbonyl (C=O) groups excluding carboxylic acids is 2. The van der Waals surface area contributed by atoms with Gasteiger partial charge in [0, 0.05) is 76.0 Å². The molecule has 262 valence electrons. The van der Waals surface area contributed by atoms with Gasteiger partial charge in [0.15, 0.2) is 0 Å². The van der Waals surface area contributed by atoms with E-state index in [0.29, 0.717) is 42.3 Å². The Balaban J connectivity index is 0.000000191.